The molecule has 10 nitrogen and oxygen atoms in total. The molecule has 1 aromatic rings. The van der Waals surface area contributed by atoms with Crippen LogP contribution in [0.1, 0.15) is 83.6 Å². The van der Waals surface area contributed by atoms with Gasteiger partial charge in [-0.25, -0.2) is 0 Å². The summed E-state index contributed by atoms with van der Waals surface area (Å²) in [5.74, 6) is -0.946. The van der Waals surface area contributed by atoms with Crippen LogP contribution in [-0.2, 0) is 39.9 Å². The number of amides is 3. The Morgan fingerprint density at radius 2 is 1.70 bits per heavy atom. The number of ether oxygens (including phenoxy) is 1. The summed E-state index contributed by atoms with van der Waals surface area (Å²) in [5.41, 5.74) is 1.40. The van der Waals surface area contributed by atoms with Crippen LogP contribution >= 0.6 is 0 Å². The molecule has 3 amide bonds. The van der Waals surface area contributed by atoms with Crippen molar-refractivity contribution in [3.8, 4) is 0 Å². The molecule has 0 aliphatic heterocycles. The average molecular weight is 600 g/mol. The summed E-state index contributed by atoms with van der Waals surface area (Å²) in [5, 5.41) is 2.88. The van der Waals surface area contributed by atoms with Gasteiger partial charge in [0, 0.05) is 64.7 Å². The smallest absolute Gasteiger partial charge is 0.236 e. The van der Waals surface area contributed by atoms with Crippen molar-refractivity contribution in [2.75, 3.05) is 45.3 Å². The van der Waals surface area contributed by atoms with Gasteiger partial charge < -0.3 is 19.9 Å². The number of hydrogen-bond acceptors (Lipinski definition) is 7. The molecule has 0 saturated heterocycles. The minimum Gasteiger partial charge on any atom is -0.380 e. The van der Waals surface area contributed by atoms with Crippen molar-refractivity contribution in [3.63, 3.8) is 0 Å². The van der Waals surface area contributed by atoms with Crippen LogP contribution in [0.2, 0.25) is 0 Å². The molecular formula is C33H49N3O7. The van der Waals surface area contributed by atoms with Gasteiger partial charge in [-0.05, 0) is 56.7 Å². The largest absolute Gasteiger partial charge is 0.380 e. The zero-order chi connectivity index (χ0) is 31.8. The third-order valence-corrected chi connectivity index (χ3v) is 8.09. The number of carbonyl (C=O) groups excluding carboxylic acids is 6. The molecule has 1 fully saturated rings. The third-order valence-electron chi connectivity index (χ3n) is 8.09. The number of anilines is 1. The Morgan fingerprint density at radius 1 is 0.977 bits per heavy atom. The maximum atomic E-state index is 12.7. The summed E-state index contributed by atoms with van der Waals surface area (Å²) in [4.78, 5) is 75.9. The fraction of sp³-hybridized carbons (Fsp3) is 0.636. The molecule has 0 spiro atoms. The number of Topliss-reactive ketones (excluding diaryl/α,β-unsaturated/α-hetero) is 3. The predicted octanol–water partition coefficient (Wildman–Crippen LogP) is 3.68. The SMILES string of the molecule is CC(=O)C(C)CCCCNC(=O)CCCOCCN(C)C(=O)CC(=O)N(C)c1ccc(CC(=O)C2CCCCC2=O)cc1. The molecule has 0 aromatic heterocycles. The van der Waals surface area contributed by atoms with Crippen molar-refractivity contribution in [2.24, 2.45) is 11.8 Å². The fourth-order valence-corrected chi connectivity index (χ4v) is 4.87. The third kappa shape index (κ3) is 13.2. The Labute approximate surface area is 255 Å². The molecule has 0 radical (unpaired) electrons. The number of unbranched alkanes of at least 4 members (excludes halogenated alkanes) is 1. The van der Waals surface area contributed by atoms with Gasteiger partial charge in [0.05, 0.1) is 12.5 Å². The molecule has 1 saturated carbocycles. The first-order valence-electron chi connectivity index (χ1n) is 15.5. The van der Waals surface area contributed by atoms with E-state index in [1.165, 1.54) is 9.80 Å². The molecule has 2 atom stereocenters. The zero-order valence-corrected chi connectivity index (χ0v) is 26.3. The molecule has 238 valence electrons. The van der Waals surface area contributed by atoms with Crippen molar-refractivity contribution >= 4 is 40.8 Å². The lowest BCUT2D eigenvalue weighted by molar-refractivity contribution is -0.135. The van der Waals surface area contributed by atoms with Gasteiger partial charge in [0.1, 0.15) is 23.8 Å². The quantitative estimate of drug-likeness (QED) is 0.190. The van der Waals surface area contributed by atoms with Crippen LogP contribution in [0.3, 0.4) is 0 Å². The molecule has 43 heavy (non-hydrogen) atoms. The Morgan fingerprint density at radius 3 is 2.37 bits per heavy atom. The monoisotopic (exact) mass is 599 g/mol. The number of nitrogens with zero attached hydrogens (tertiary/aromatic N) is 2. The Bertz CT molecular complexity index is 1100. The minimum atomic E-state index is -0.493. The van der Waals surface area contributed by atoms with Crippen LogP contribution in [0.5, 0.6) is 0 Å². The number of nitrogens with one attached hydrogen (secondary N) is 1. The van der Waals surface area contributed by atoms with E-state index in [1.54, 1.807) is 45.3 Å². The molecule has 1 N–H and O–H groups in total. The number of ketones is 3. The maximum Gasteiger partial charge on any atom is 0.236 e. The summed E-state index contributed by atoms with van der Waals surface area (Å²) in [7, 11) is 3.22. The van der Waals surface area contributed by atoms with E-state index in [1.807, 2.05) is 6.92 Å². The number of likely N-dealkylation sites (N-methyl/N-ethyl adjacent to an activating group) is 1. The van der Waals surface area contributed by atoms with E-state index in [2.05, 4.69) is 5.32 Å². The summed E-state index contributed by atoms with van der Waals surface area (Å²) < 4.78 is 5.56. The first kappa shape index (κ1) is 35.8. The number of rotatable bonds is 19. The van der Waals surface area contributed by atoms with E-state index in [-0.39, 0.29) is 53.8 Å². The van der Waals surface area contributed by atoms with Gasteiger partial charge in [0.25, 0.3) is 0 Å². The second kappa shape index (κ2) is 19.0. The standard InChI is InChI=1S/C33H49N3O7/c1-24(25(2)37)10-7-8-18-34-31(40)13-9-20-43-21-19-35(3)32(41)23-33(42)36(4)27-16-14-26(15-17-27)22-30(39)28-11-5-6-12-29(28)38/h14-17,24,28H,5-13,18-23H2,1-4H3,(H,34,40). The normalized spacial score (nSPS) is 15.4. The van der Waals surface area contributed by atoms with E-state index >= 15 is 0 Å². The first-order chi connectivity index (χ1) is 20.5. The topological polar surface area (TPSA) is 130 Å². The molecule has 10 heteroatoms. The van der Waals surface area contributed by atoms with Crippen LogP contribution in [0, 0.1) is 11.8 Å². The van der Waals surface area contributed by atoms with Gasteiger partial charge in [-0.2, -0.15) is 0 Å². The minimum absolute atomic E-state index is 0.0304. The van der Waals surface area contributed by atoms with Gasteiger partial charge in [0.2, 0.25) is 17.7 Å². The predicted molar refractivity (Wildman–Crippen MR) is 165 cm³/mol. The van der Waals surface area contributed by atoms with E-state index in [9.17, 15) is 28.8 Å². The van der Waals surface area contributed by atoms with Crippen LogP contribution in [-0.4, -0.2) is 80.4 Å². The number of benzene rings is 1. The highest BCUT2D eigenvalue weighted by Gasteiger charge is 2.28. The van der Waals surface area contributed by atoms with Crippen LogP contribution in [0.25, 0.3) is 0 Å². The average Bonchev–Trinajstić information content (AvgIpc) is 2.98. The van der Waals surface area contributed by atoms with Gasteiger partial charge in [-0.3, -0.25) is 28.8 Å². The molecule has 2 unspecified atom stereocenters. The van der Waals surface area contributed by atoms with Gasteiger partial charge >= 0.3 is 0 Å². The summed E-state index contributed by atoms with van der Waals surface area (Å²) in [6, 6.07) is 7.03. The summed E-state index contributed by atoms with van der Waals surface area (Å²) in [6.07, 6.45) is 6.29. The number of carbonyl (C=O) groups is 6. The van der Waals surface area contributed by atoms with E-state index in [4.69, 9.17) is 4.74 Å². The second-order valence-electron chi connectivity index (χ2n) is 11.6. The lowest BCUT2D eigenvalue weighted by Gasteiger charge is -2.21. The first-order valence-corrected chi connectivity index (χ1v) is 15.5. The molecule has 2 rings (SSSR count). The van der Waals surface area contributed by atoms with Gasteiger partial charge in [-0.1, -0.05) is 31.9 Å². The van der Waals surface area contributed by atoms with Crippen molar-refractivity contribution in [1.82, 2.24) is 10.2 Å². The van der Waals surface area contributed by atoms with Gasteiger partial charge in [-0.15, -0.1) is 0 Å². The van der Waals surface area contributed by atoms with E-state index < -0.39 is 5.92 Å². The highest BCUT2D eigenvalue weighted by molar-refractivity contribution is 6.05. The summed E-state index contributed by atoms with van der Waals surface area (Å²) in [6.45, 7) is 5.14. The molecule has 0 heterocycles. The van der Waals surface area contributed by atoms with Crippen molar-refractivity contribution in [2.45, 2.75) is 84.5 Å². The highest BCUT2D eigenvalue weighted by Crippen LogP contribution is 2.23. The Kier molecular flexibility index (Phi) is 15.8. The van der Waals surface area contributed by atoms with Gasteiger partial charge in [0.15, 0.2) is 0 Å². The molecule has 0 bridgehead atoms. The maximum absolute atomic E-state index is 12.7. The van der Waals surface area contributed by atoms with Crippen LogP contribution < -0.4 is 10.2 Å². The second-order valence-corrected chi connectivity index (χ2v) is 11.6. The lowest BCUT2D eigenvalue weighted by Crippen LogP contribution is -2.36. The zero-order valence-electron chi connectivity index (χ0n) is 26.3. The highest BCUT2D eigenvalue weighted by atomic mass is 16.5. The number of hydrogen-bond donors (Lipinski definition) is 1. The molecular weight excluding hydrogens is 550 g/mol. The van der Waals surface area contributed by atoms with E-state index in [0.29, 0.717) is 57.7 Å². The summed E-state index contributed by atoms with van der Waals surface area (Å²) >= 11 is 0. The molecule has 1 aliphatic rings. The van der Waals surface area contributed by atoms with Crippen molar-refractivity contribution in [3.05, 3.63) is 29.8 Å². The molecule has 1 aliphatic carbocycles. The molecule has 1 aromatic carbocycles. The van der Waals surface area contributed by atoms with Crippen LogP contribution in [0.15, 0.2) is 24.3 Å². The van der Waals surface area contributed by atoms with Crippen LogP contribution in [0.4, 0.5) is 5.69 Å². The Balaban J connectivity index is 1.60. The van der Waals surface area contributed by atoms with Crippen molar-refractivity contribution in [1.29, 1.82) is 0 Å². The Hall–Kier alpha value is -3.40. The van der Waals surface area contributed by atoms with E-state index in [0.717, 1.165) is 37.7 Å². The van der Waals surface area contributed by atoms with Crippen molar-refractivity contribution < 1.29 is 33.5 Å². The lowest BCUT2D eigenvalue weighted by atomic mass is 9.83. The fourth-order valence-electron chi connectivity index (χ4n) is 4.87.